The molecule has 0 aromatic carbocycles. The summed E-state index contributed by atoms with van der Waals surface area (Å²) in [6, 6.07) is 4.12. The first kappa shape index (κ1) is 14.1. The topological polar surface area (TPSA) is 97.7 Å². The largest absolute Gasteiger partial charge is 0.365 e. The summed E-state index contributed by atoms with van der Waals surface area (Å²) in [7, 11) is 0. The molecule has 3 rings (SSSR count). The van der Waals surface area contributed by atoms with Crippen LogP contribution in [0.25, 0.3) is 11.0 Å². The van der Waals surface area contributed by atoms with Crippen molar-refractivity contribution in [2.45, 2.75) is 12.5 Å². The van der Waals surface area contributed by atoms with Gasteiger partial charge in [0.15, 0.2) is 0 Å². The van der Waals surface area contributed by atoms with E-state index >= 15 is 0 Å². The van der Waals surface area contributed by atoms with Crippen LogP contribution in [0.5, 0.6) is 0 Å². The third kappa shape index (κ3) is 2.63. The van der Waals surface area contributed by atoms with Crippen molar-refractivity contribution in [1.82, 2.24) is 19.9 Å². The van der Waals surface area contributed by atoms with Crippen LogP contribution < -0.4 is 5.32 Å². The molecule has 112 valence electrons. The van der Waals surface area contributed by atoms with Gasteiger partial charge in [-0.25, -0.2) is 9.97 Å². The van der Waals surface area contributed by atoms with Gasteiger partial charge in [-0.3, -0.25) is 4.79 Å². The number of nitrogens with zero attached hydrogens (tertiary/aromatic N) is 4. The van der Waals surface area contributed by atoms with Gasteiger partial charge < -0.3 is 15.2 Å². The highest BCUT2D eigenvalue weighted by Gasteiger charge is 2.29. The first-order valence-electron chi connectivity index (χ1n) is 7.07. The average molecular weight is 296 g/mol. The Morgan fingerprint density at radius 3 is 3.18 bits per heavy atom. The minimum Gasteiger partial charge on any atom is -0.365 e. The van der Waals surface area contributed by atoms with Crippen LogP contribution in [0.15, 0.2) is 31.2 Å². The van der Waals surface area contributed by atoms with E-state index in [1.54, 1.807) is 11.1 Å². The van der Waals surface area contributed by atoms with E-state index in [2.05, 4.69) is 32.9 Å². The third-order valence-corrected chi connectivity index (χ3v) is 3.81. The Balaban J connectivity index is 1.81. The predicted molar refractivity (Wildman–Crippen MR) is 81.8 cm³/mol. The maximum absolute atomic E-state index is 11.8. The fourth-order valence-corrected chi connectivity index (χ4v) is 2.79. The summed E-state index contributed by atoms with van der Waals surface area (Å²) < 4.78 is 0. The Morgan fingerprint density at radius 1 is 1.55 bits per heavy atom. The molecule has 3 heterocycles. The number of aromatic nitrogens is 3. The van der Waals surface area contributed by atoms with Crippen molar-refractivity contribution in [3.8, 4) is 6.07 Å². The molecule has 0 radical (unpaired) electrons. The van der Waals surface area contributed by atoms with E-state index < -0.39 is 0 Å². The molecule has 1 fully saturated rings. The number of amides is 1. The molecule has 0 saturated carbocycles. The Kier molecular flexibility index (Phi) is 3.74. The van der Waals surface area contributed by atoms with Gasteiger partial charge in [0.2, 0.25) is 5.91 Å². The van der Waals surface area contributed by atoms with Gasteiger partial charge in [-0.15, -0.1) is 0 Å². The number of hydrogen-bond donors (Lipinski definition) is 2. The van der Waals surface area contributed by atoms with Crippen molar-refractivity contribution in [3.05, 3.63) is 31.2 Å². The molecule has 0 aliphatic carbocycles. The zero-order chi connectivity index (χ0) is 15.5. The van der Waals surface area contributed by atoms with Crippen molar-refractivity contribution in [2.24, 2.45) is 5.92 Å². The lowest BCUT2D eigenvalue weighted by Crippen LogP contribution is -2.48. The second-order valence-corrected chi connectivity index (χ2v) is 5.31. The van der Waals surface area contributed by atoms with Crippen molar-refractivity contribution in [3.63, 3.8) is 0 Å². The number of hydrogen-bond acceptors (Lipinski definition) is 5. The molecule has 7 nitrogen and oxygen atoms in total. The molecule has 1 amide bonds. The van der Waals surface area contributed by atoms with Gasteiger partial charge in [-0.05, 0) is 18.6 Å². The fourth-order valence-electron chi connectivity index (χ4n) is 2.79. The quantitative estimate of drug-likeness (QED) is 0.832. The first-order valence-corrected chi connectivity index (χ1v) is 7.07. The lowest BCUT2D eigenvalue weighted by atomic mass is 9.95. The summed E-state index contributed by atoms with van der Waals surface area (Å²) in [6.45, 7) is 4.48. The number of carbonyl (C=O) groups is 1. The van der Waals surface area contributed by atoms with Crippen molar-refractivity contribution < 1.29 is 4.79 Å². The van der Waals surface area contributed by atoms with Gasteiger partial charge in [0.1, 0.15) is 17.8 Å². The number of rotatable bonds is 3. The highest BCUT2D eigenvalue weighted by atomic mass is 16.2. The molecule has 2 aromatic rings. The zero-order valence-electron chi connectivity index (χ0n) is 12.0. The maximum atomic E-state index is 11.8. The Bertz CT molecular complexity index is 746. The number of anilines is 1. The fraction of sp³-hybridized carbons (Fsp3) is 0.333. The lowest BCUT2D eigenvalue weighted by molar-refractivity contribution is -0.127. The number of H-pyrrole nitrogens is 1. The van der Waals surface area contributed by atoms with Crippen LogP contribution >= 0.6 is 0 Å². The number of nitrogens with one attached hydrogen (secondary N) is 2. The van der Waals surface area contributed by atoms with Gasteiger partial charge in [-0.1, -0.05) is 6.58 Å². The van der Waals surface area contributed by atoms with E-state index in [-0.39, 0.29) is 17.9 Å². The average Bonchev–Trinajstić information content (AvgIpc) is 3.03. The summed E-state index contributed by atoms with van der Waals surface area (Å²) in [5, 5.41) is 13.4. The van der Waals surface area contributed by atoms with E-state index in [9.17, 15) is 10.1 Å². The SMILES string of the molecule is C=CC(=O)N1CC(C#N)C[C@@H](Nc2ncnc3[nH]ccc23)C1. The molecular formula is C15H16N6O. The number of carbonyl (C=O) groups excluding carboxylic acids is 1. The molecule has 1 aliphatic heterocycles. The van der Waals surface area contributed by atoms with Gasteiger partial charge in [0, 0.05) is 25.3 Å². The summed E-state index contributed by atoms with van der Waals surface area (Å²) in [4.78, 5) is 24.9. The van der Waals surface area contributed by atoms with Crippen LogP contribution in [-0.4, -0.2) is 44.9 Å². The summed E-state index contributed by atoms with van der Waals surface area (Å²) in [5.41, 5.74) is 0.754. The van der Waals surface area contributed by atoms with Gasteiger partial charge in [-0.2, -0.15) is 5.26 Å². The summed E-state index contributed by atoms with van der Waals surface area (Å²) in [6.07, 6.45) is 5.24. The van der Waals surface area contributed by atoms with Crippen molar-refractivity contribution in [2.75, 3.05) is 18.4 Å². The van der Waals surface area contributed by atoms with E-state index in [0.29, 0.717) is 25.3 Å². The van der Waals surface area contributed by atoms with Crippen molar-refractivity contribution in [1.29, 1.82) is 5.26 Å². The molecule has 0 bridgehead atoms. The molecule has 1 saturated heterocycles. The second-order valence-electron chi connectivity index (χ2n) is 5.31. The number of aromatic amines is 1. The van der Waals surface area contributed by atoms with Gasteiger partial charge in [0.05, 0.1) is 17.4 Å². The van der Waals surface area contributed by atoms with Crippen LogP contribution in [0.2, 0.25) is 0 Å². The molecule has 2 aromatic heterocycles. The normalized spacial score (nSPS) is 21.3. The Labute approximate surface area is 127 Å². The maximum Gasteiger partial charge on any atom is 0.246 e. The highest BCUT2D eigenvalue weighted by Crippen LogP contribution is 2.23. The predicted octanol–water partition coefficient (Wildman–Crippen LogP) is 1.30. The Hall–Kier alpha value is -2.88. The summed E-state index contributed by atoms with van der Waals surface area (Å²) in [5.74, 6) is 0.362. The molecular weight excluding hydrogens is 280 g/mol. The smallest absolute Gasteiger partial charge is 0.246 e. The minimum absolute atomic E-state index is 0.0321. The van der Waals surface area contributed by atoms with Crippen LogP contribution in [-0.2, 0) is 4.79 Å². The molecule has 2 N–H and O–H groups in total. The Morgan fingerprint density at radius 2 is 2.41 bits per heavy atom. The standard InChI is InChI=1S/C15H16N6O/c1-2-13(22)21-7-10(6-16)5-11(8-21)20-15-12-3-4-17-14(12)18-9-19-15/h2-4,9-11H,1,5,7-8H2,(H2,17,18,19,20)/t10?,11-/m1/s1. The zero-order valence-corrected chi connectivity index (χ0v) is 12.0. The molecule has 1 aliphatic rings. The van der Waals surface area contributed by atoms with Crippen LogP contribution in [0.1, 0.15) is 6.42 Å². The molecule has 2 atom stereocenters. The van der Waals surface area contributed by atoms with E-state index in [1.807, 2.05) is 6.07 Å². The minimum atomic E-state index is -0.196. The molecule has 1 unspecified atom stereocenters. The van der Waals surface area contributed by atoms with E-state index in [4.69, 9.17) is 0 Å². The first-order chi connectivity index (χ1) is 10.7. The van der Waals surface area contributed by atoms with Crippen molar-refractivity contribution >= 4 is 22.8 Å². The highest BCUT2D eigenvalue weighted by molar-refractivity contribution is 5.88. The number of piperidine rings is 1. The number of nitriles is 1. The second kappa shape index (κ2) is 5.85. The van der Waals surface area contributed by atoms with Gasteiger partial charge >= 0.3 is 0 Å². The molecule has 7 heteroatoms. The number of fused-ring (bicyclic) bond motifs is 1. The molecule has 0 spiro atoms. The van der Waals surface area contributed by atoms with Crippen LogP contribution in [0, 0.1) is 17.2 Å². The summed E-state index contributed by atoms with van der Waals surface area (Å²) >= 11 is 0. The lowest BCUT2D eigenvalue weighted by Gasteiger charge is -2.35. The molecule has 22 heavy (non-hydrogen) atoms. The monoisotopic (exact) mass is 296 g/mol. The van der Waals surface area contributed by atoms with E-state index in [0.717, 1.165) is 11.0 Å². The van der Waals surface area contributed by atoms with Gasteiger partial charge in [0.25, 0.3) is 0 Å². The van der Waals surface area contributed by atoms with Crippen LogP contribution in [0.3, 0.4) is 0 Å². The van der Waals surface area contributed by atoms with E-state index in [1.165, 1.54) is 12.4 Å². The third-order valence-electron chi connectivity index (χ3n) is 3.81. The van der Waals surface area contributed by atoms with Crippen LogP contribution in [0.4, 0.5) is 5.82 Å². The number of likely N-dealkylation sites (tertiary alicyclic amines) is 1.